The summed E-state index contributed by atoms with van der Waals surface area (Å²) < 4.78 is 0. The van der Waals surface area contributed by atoms with E-state index in [0.29, 0.717) is 11.8 Å². The average Bonchev–Trinajstić information content (AvgIpc) is 2.73. The van der Waals surface area contributed by atoms with E-state index in [-0.39, 0.29) is 1.43 Å². The van der Waals surface area contributed by atoms with Crippen LogP contribution in [0.15, 0.2) is 83.7 Å². The van der Waals surface area contributed by atoms with Crippen LogP contribution in [0.1, 0.15) is 53.4 Å². The van der Waals surface area contributed by atoms with Crippen molar-refractivity contribution >= 4 is 11.3 Å². The highest BCUT2D eigenvalue weighted by Gasteiger charge is 2.19. The Balaban J connectivity index is 0.00000300. The van der Waals surface area contributed by atoms with E-state index < -0.39 is 0 Å². The van der Waals surface area contributed by atoms with Crippen LogP contribution in [0.3, 0.4) is 0 Å². The minimum absolute atomic E-state index is 0. The van der Waals surface area contributed by atoms with Gasteiger partial charge in [-0.1, -0.05) is 68.5 Å². The average molecular weight is 374 g/mol. The fourth-order valence-electron chi connectivity index (χ4n) is 4.32. The highest BCUT2D eigenvalue weighted by molar-refractivity contribution is 5.82. The van der Waals surface area contributed by atoms with E-state index in [0.717, 1.165) is 32.2 Å². The van der Waals surface area contributed by atoms with Crippen molar-refractivity contribution in [2.45, 2.75) is 46.5 Å². The molecule has 0 heterocycles. The first-order valence-corrected chi connectivity index (χ1v) is 10.7. The zero-order chi connectivity index (χ0) is 19.9. The molecule has 28 heavy (non-hydrogen) atoms. The Morgan fingerprint density at radius 2 is 2.18 bits per heavy atom. The Morgan fingerprint density at radius 3 is 2.93 bits per heavy atom. The second-order valence-corrected chi connectivity index (χ2v) is 7.82. The van der Waals surface area contributed by atoms with Crippen molar-refractivity contribution < 1.29 is 1.43 Å². The molecule has 0 aromatic heterocycles. The van der Waals surface area contributed by atoms with Crippen molar-refractivity contribution in [2.24, 2.45) is 11.8 Å². The Labute approximate surface area is 172 Å². The second kappa shape index (κ2) is 9.62. The van der Waals surface area contributed by atoms with Crippen molar-refractivity contribution in [3.05, 3.63) is 89.2 Å². The summed E-state index contributed by atoms with van der Waals surface area (Å²) in [6, 6.07) is 8.86. The number of hydrogen-bond acceptors (Lipinski definition) is 1. The smallest absolute Gasteiger partial charge is 0.0346 e. The molecule has 2 atom stereocenters. The Morgan fingerprint density at radius 1 is 1.32 bits per heavy atom. The number of allylic oxidation sites excluding steroid dienone is 9. The minimum atomic E-state index is 0. The topological polar surface area (TPSA) is 12.0 Å². The Bertz CT molecular complexity index is 878. The lowest BCUT2D eigenvalue weighted by atomic mass is 9.80. The van der Waals surface area contributed by atoms with Crippen molar-refractivity contribution in [3.63, 3.8) is 0 Å². The summed E-state index contributed by atoms with van der Waals surface area (Å²) in [6.07, 6.45) is 16.0. The zero-order valence-electron chi connectivity index (χ0n) is 17.6. The number of hydrogen-bond donors (Lipinski definition) is 1. The van der Waals surface area contributed by atoms with E-state index in [1.165, 1.54) is 33.5 Å². The van der Waals surface area contributed by atoms with E-state index in [4.69, 9.17) is 0 Å². The lowest BCUT2D eigenvalue weighted by molar-refractivity contribution is 0.545. The van der Waals surface area contributed by atoms with Gasteiger partial charge in [0.1, 0.15) is 0 Å². The van der Waals surface area contributed by atoms with E-state index >= 15 is 0 Å². The van der Waals surface area contributed by atoms with Gasteiger partial charge in [0.2, 0.25) is 0 Å². The summed E-state index contributed by atoms with van der Waals surface area (Å²) in [7, 11) is 0. The highest BCUT2D eigenvalue weighted by Crippen LogP contribution is 2.37. The first kappa shape index (κ1) is 20.2. The first-order chi connectivity index (χ1) is 13.7. The van der Waals surface area contributed by atoms with Gasteiger partial charge in [0.25, 0.3) is 0 Å². The summed E-state index contributed by atoms with van der Waals surface area (Å²) in [5.41, 5.74) is 11.1. The lowest BCUT2D eigenvalue weighted by Crippen LogP contribution is -2.11. The van der Waals surface area contributed by atoms with Crippen LogP contribution in [0.4, 0.5) is 5.69 Å². The number of benzene rings is 1. The molecule has 0 radical (unpaired) electrons. The molecule has 1 N–H and O–H groups in total. The summed E-state index contributed by atoms with van der Waals surface area (Å²) in [5.74, 6) is 1.09. The molecule has 0 spiro atoms. The standard InChI is InChI=1S/C27H33N.H2/c1-5-21(6-2)22(7-3)16-17-28-25-12-8-11-24(19-25)26-13-9-10-23-15-14-20(4)18-27(23)26;/h8-9,11-15,18-19,22-23,28H,1,6-7,10,16-17H2,2-4H3;1H. The molecular weight excluding hydrogens is 338 g/mol. The summed E-state index contributed by atoms with van der Waals surface area (Å²) >= 11 is 0. The lowest BCUT2D eigenvalue weighted by Gasteiger charge is -2.24. The fourth-order valence-corrected chi connectivity index (χ4v) is 4.32. The van der Waals surface area contributed by atoms with Gasteiger partial charge in [-0.05, 0) is 72.9 Å². The second-order valence-electron chi connectivity index (χ2n) is 7.82. The van der Waals surface area contributed by atoms with Crippen LogP contribution >= 0.6 is 0 Å². The zero-order valence-corrected chi connectivity index (χ0v) is 17.6. The van der Waals surface area contributed by atoms with Crippen LogP contribution in [0.2, 0.25) is 0 Å². The fraction of sp³-hybridized carbons (Fsp3) is 0.370. The molecule has 0 saturated heterocycles. The van der Waals surface area contributed by atoms with Gasteiger partial charge in [-0.2, -0.15) is 0 Å². The number of fused-ring (bicyclic) bond motifs is 1. The third-order valence-electron chi connectivity index (χ3n) is 5.95. The molecule has 2 aliphatic rings. The molecule has 0 amide bonds. The first-order valence-electron chi connectivity index (χ1n) is 10.7. The molecule has 1 heteroatoms. The molecule has 1 nitrogen and oxygen atoms in total. The van der Waals surface area contributed by atoms with Crippen molar-refractivity contribution in [2.75, 3.05) is 11.9 Å². The van der Waals surface area contributed by atoms with Crippen LogP contribution < -0.4 is 5.32 Å². The number of anilines is 1. The van der Waals surface area contributed by atoms with Crippen molar-refractivity contribution in [1.82, 2.24) is 0 Å². The maximum Gasteiger partial charge on any atom is 0.0346 e. The highest BCUT2D eigenvalue weighted by atomic mass is 14.9. The van der Waals surface area contributed by atoms with Crippen LogP contribution in [0.5, 0.6) is 0 Å². The monoisotopic (exact) mass is 373 g/mol. The predicted octanol–water partition coefficient (Wildman–Crippen LogP) is 7.73. The summed E-state index contributed by atoms with van der Waals surface area (Å²) in [6.45, 7) is 11.5. The van der Waals surface area contributed by atoms with Gasteiger partial charge >= 0.3 is 0 Å². The van der Waals surface area contributed by atoms with Gasteiger partial charge in [-0.3, -0.25) is 0 Å². The van der Waals surface area contributed by atoms with E-state index in [9.17, 15) is 0 Å². The molecule has 0 saturated carbocycles. The van der Waals surface area contributed by atoms with Gasteiger partial charge in [0, 0.05) is 19.6 Å². The number of rotatable bonds is 8. The molecule has 148 valence electrons. The minimum Gasteiger partial charge on any atom is -0.385 e. The maximum atomic E-state index is 3.87. The molecule has 0 aliphatic heterocycles. The van der Waals surface area contributed by atoms with Crippen LogP contribution in [0, 0.1) is 11.8 Å². The van der Waals surface area contributed by atoms with Crippen LogP contribution in [0.25, 0.3) is 5.57 Å². The van der Waals surface area contributed by atoms with Gasteiger partial charge in [0.15, 0.2) is 0 Å². The number of nitrogens with one attached hydrogen (secondary N) is 1. The summed E-state index contributed by atoms with van der Waals surface area (Å²) in [4.78, 5) is 0. The van der Waals surface area contributed by atoms with E-state index in [2.05, 4.69) is 93.0 Å². The van der Waals surface area contributed by atoms with Gasteiger partial charge in [-0.15, -0.1) is 5.73 Å². The van der Waals surface area contributed by atoms with E-state index in [1.54, 1.807) is 0 Å². The Hall–Kier alpha value is -2.50. The molecule has 0 fully saturated rings. The molecule has 2 unspecified atom stereocenters. The third kappa shape index (κ3) is 4.66. The molecule has 3 rings (SSSR count). The summed E-state index contributed by atoms with van der Waals surface area (Å²) in [5, 5.41) is 3.64. The van der Waals surface area contributed by atoms with Gasteiger partial charge in [-0.25, -0.2) is 0 Å². The maximum absolute atomic E-state index is 3.87. The quantitative estimate of drug-likeness (QED) is 0.460. The van der Waals surface area contributed by atoms with Gasteiger partial charge < -0.3 is 5.32 Å². The normalized spacial score (nSPS) is 19.0. The van der Waals surface area contributed by atoms with Crippen LogP contribution in [-0.2, 0) is 0 Å². The third-order valence-corrected chi connectivity index (χ3v) is 5.95. The molecular formula is C27H35N. The Kier molecular flexibility index (Phi) is 6.95. The largest absolute Gasteiger partial charge is 0.385 e. The SMILES string of the molecule is C=C=C(CC)C(CC)CCNc1cccc(C2=C3C=C(C)C=CC3CC=C2)c1.[HH]. The molecule has 0 bridgehead atoms. The van der Waals surface area contributed by atoms with Crippen molar-refractivity contribution in [3.8, 4) is 0 Å². The van der Waals surface area contributed by atoms with E-state index in [1.807, 2.05) is 0 Å². The molecule has 1 aromatic rings. The molecule has 1 aromatic carbocycles. The molecule has 2 aliphatic carbocycles. The van der Waals surface area contributed by atoms with Gasteiger partial charge in [0.05, 0.1) is 0 Å². The van der Waals surface area contributed by atoms with Crippen LogP contribution in [-0.4, -0.2) is 6.54 Å². The van der Waals surface area contributed by atoms with Crippen molar-refractivity contribution in [1.29, 1.82) is 0 Å². The predicted molar refractivity (Wildman–Crippen MR) is 125 cm³/mol.